The molecule has 0 saturated carbocycles. The third-order valence-corrected chi connectivity index (χ3v) is 10.4. The van der Waals surface area contributed by atoms with E-state index in [4.69, 9.17) is 22.9 Å². The van der Waals surface area contributed by atoms with Crippen molar-refractivity contribution in [2.24, 2.45) is 45.7 Å². The predicted octanol–water partition coefficient (Wildman–Crippen LogP) is -5.97. The number of hydrogen-bond acceptors (Lipinski definition) is 15. The molecule has 9 atom stereocenters. The second kappa shape index (κ2) is 31.7. The van der Waals surface area contributed by atoms with Crippen molar-refractivity contribution in [1.29, 1.82) is 0 Å². The monoisotopic (exact) mass is 1000 g/mol. The lowest BCUT2D eigenvalue weighted by atomic mass is 9.99. The Hall–Kier alpha value is -6.29. The summed E-state index contributed by atoms with van der Waals surface area (Å²) in [4.78, 5) is 146. The maximum Gasteiger partial charge on any atom is 0.325 e. The summed E-state index contributed by atoms with van der Waals surface area (Å²) in [6, 6.07) is -12.3. The molecule has 0 bridgehead atoms. The highest BCUT2D eigenvalue weighted by Crippen LogP contribution is 2.10. The van der Waals surface area contributed by atoms with E-state index in [1.165, 1.54) is 13.8 Å². The van der Waals surface area contributed by atoms with Gasteiger partial charge in [-0.3, -0.25) is 57.7 Å². The Morgan fingerprint density at radius 3 is 1.46 bits per heavy atom. The van der Waals surface area contributed by atoms with E-state index in [0.717, 1.165) is 0 Å². The van der Waals surface area contributed by atoms with Crippen molar-refractivity contribution in [3.63, 3.8) is 0 Å². The Bertz CT molecular complexity index is 1830. The number of carbonyl (C=O) groups excluding carboxylic acids is 10. The largest absolute Gasteiger partial charge is 0.480 e. The standard InChI is InChI=1S/C41H74N14O13S/c1-18(2)14-25(35(62)48-22(8)40(67)68)51-34(61)23(10-9-13-46-41(44)45)49-37(64)27(17-69)53-36(63)26(16-56)52-32(59)21(7)47-33(60)24(11-12-28(43)57)50-38(65)31(20(5)6)55-39(66)30(19(3)4)54-29(58)15-42/h18-27,30-31,56,69H,9-17,42H2,1-8H3,(H2,43,57)(H,47,60)(H,48,62)(H,49,64)(H,50,65)(H,51,61)(H,52,59)(H,53,63)(H,54,58)(H,55,66)(H,67,68)(H4,44,45,46)/t21-,22-,23-,24-,25-,26-,27-,30-,31-/m0/s1. The molecule has 0 aliphatic heterocycles. The normalized spacial score (nSPS) is 15.0. The van der Waals surface area contributed by atoms with E-state index in [1.54, 1.807) is 41.5 Å². The number of carboxylic acid groups (broad SMARTS) is 1. The van der Waals surface area contributed by atoms with Crippen molar-refractivity contribution in [2.45, 2.75) is 142 Å². The van der Waals surface area contributed by atoms with Crippen LogP contribution in [0, 0.1) is 17.8 Å². The summed E-state index contributed by atoms with van der Waals surface area (Å²) in [5.74, 6) is -11.7. The number of aliphatic hydroxyl groups excluding tert-OH is 1. The summed E-state index contributed by atoms with van der Waals surface area (Å²) < 4.78 is 0. The maximum absolute atomic E-state index is 13.6. The van der Waals surface area contributed by atoms with Gasteiger partial charge in [0.25, 0.3) is 0 Å². The Morgan fingerprint density at radius 2 is 0.971 bits per heavy atom. The van der Waals surface area contributed by atoms with Gasteiger partial charge >= 0.3 is 5.97 Å². The first-order chi connectivity index (χ1) is 32.1. The molecule has 0 rings (SSSR count). The number of nitrogens with zero attached hydrogens (tertiary/aromatic N) is 1. The zero-order valence-electron chi connectivity index (χ0n) is 40.4. The van der Waals surface area contributed by atoms with Gasteiger partial charge in [-0.1, -0.05) is 41.5 Å². The molecule has 69 heavy (non-hydrogen) atoms. The molecule has 27 nitrogen and oxygen atoms in total. The summed E-state index contributed by atoms with van der Waals surface area (Å²) in [6.45, 7) is 11.1. The molecule has 28 heteroatoms. The van der Waals surface area contributed by atoms with Crippen molar-refractivity contribution in [2.75, 3.05) is 25.4 Å². The van der Waals surface area contributed by atoms with Crippen LogP contribution in [-0.4, -0.2) is 161 Å². The van der Waals surface area contributed by atoms with Crippen LogP contribution in [0.25, 0.3) is 0 Å². The van der Waals surface area contributed by atoms with Gasteiger partial charge in [-0.25, -0.2) is 0 Å². The fourth-order valence-electron chi connectivity index (χ4n) is 6.09. The van der Waals surface area contributed by atoms with E-state index in [2.05, 4.69) is 65.5 Å². The molecule has 0 spiro atoms. The molecule has 0 aromatic heterocycles. The average molecular weight is 1000 g/mol. The SMILES string of the molecule is CC(C)C[C@H](NC(=O)[C@H](CCCN=C(N)N)NC(=O)[C@H](CS)NC(=O)[C@H](CO)NC(=O)[C@H](C)NC(=O)[C@H](CCC(N)=O)NC(=O)[C@@H](NC(=O)[C@@H](NC(=O)CN)C(C)C)C(C)C)C(=O)N[C@@H](C)C(=O)O. The Morgan fingerprint density at radius 1 is 0.536 bits per heavy atom. The van der Waals surface area contributed by atoms with Gasteiger partial charge in [0.2, 0.25) is 59.1 Å². The van der Waals surface area contributed by atoms with Crippen LogP contribution in [0.15, 0.2) is 4.99 Å². The smallest absolute Gasteiger partial charge is 0.325 e. The van der Waals surface area contributed by atoms with Crippen LogP contribution in [0.1, 0.15) is 87.5 Å². The first-order valence-electron chi connectivity index (χ1n) is 22.3. The van der Waals surface area contributed by atoms with Gasteiger partial charge in [0.1, 0.15) is 54.4 Å². The summed E-state index contributed by atoms with van der Waals surface area (Å²) in [7, 11) is 0. The zero-order valence-corrected chi connectivity index (χ0v) is 41.3. The molecule has 0 fully saturated rings. The Labute approximate surface area is 406 Å². The minimum atomic E-state index is -1.72. The van der Waals surface area contributed by atoms with Crippen LogP contribution in [0.5, 0.6) is 0 Å². The number of nitrogens with one attached hydrogen (secondary N) is 9. The fourth-order valence-corrected chi connectivity index (χ4v) is 6.35. The summed E-state index contributed by atoms with van der Waals surface area (Å²) in [6.07, 6.45) is -0.577. The number of guanidine groups is 1. The number of rotatable bonds is 32. The van der Waals surface area contributed by atoms with E-state index in [1.807, 2.05) is 0 Å². The molecule has 0 aliphatic rings. The minimum Gasteiger partial charge on any atom is -0.480 e. The van der Waals surface area contributed by atoms with Crippen LogP contribution in [0.3, 0.4) is 0 Å². The number of nitrogens with two attached hydrogens (primary N) is 4. The number of carbonyl (C=O) groups is 11. The summed E-state index contributed by atoms with van der Waals surface area (Å²) in [5, 5.41) is 41.1. The van der Waals surface area contributed by atoms with Crippen molar-refractivity contribution >= 4 is 83.6 Å². The maximum atomic E-state index is 13.6. The minimum absolute atomic E-state index is 0.0382. The van der Waals surface area contributed by atoms with Crippen LogP contribution in [0.4, 0.5) is 0 Å². The highest BCUT2D eigenvalue weighted by atomic mass is 32.1. The molecular weight excluding hydrogens is 929 g/mol. The Balaban J connectivity index is 6.14. The number of aliphatic imine (C=N–C) groups is 1. The van der Waals surface area contributed by atoms with Gasteiger partial charge in [-0.2, -0.15) is 12.6 Å². The van der Waals surface area contributed by atoms with Gasteiger partial charge in [0.05, 0.1) is 13.2 Å². The quantitative estimate of drug-likeness (QED) is 0.0129. The number of aliphatic carboxylic acids is 1. The van der Waals surface area contributed by atoms with Gasteiger partial charge in [-0.15, -0.1) is 0 Å². The number of carboxylic acids is 1. The molecule has 392 valence electrons. The number of primary amides is 1. The topological polar surface area (TPSA) is 453 Å². The molecule has 0 heterocycles. The number of thiol groups is 1. The van der Waals surface area contributed by atoms with Crippen molar-refractivity contribution in [1.82, 2.24) is 47.9 Å². The number of hydrogen-bond donors (Lipinski definition) is 16. The van der Waals surface area contributed by atoms with Gasteiger partial charge in [0, 0.05) is 18.7 Å². The second-order valence-corrected chi connectivity index (χ2v) is 17.6. The van der Waals surface area contributed by atoms with Crippen molar-refractivity contribution in [3.8, 4) is 0 Å². The highest BCUT2D eigenvalue weighted by molar-refractivity contribution is 7.80. The molecule has 19 N–H and O–H groups in total. The molecule has 0 aromatic rings. The lowest BCUT2D eigenvalue weighted by Gasteiger charge is -2.29. The van der Waals surface area contributed by atoms with Gasteiger partial charge in [0.15, 0.2) is 5.96 Å². The number of aliphatic hydroxyl groups is 1. The van der Waals surface area contributed by atoms with E-state index in [-0.39, 0.29) is 56.4 Å². The first kappa shape index (κ1) is 62.7. The van der Waals surface area contributed by atoms with Gasteiger partial charge < -0.3 is 81.0 Å². The van der Waals surface area contributed by atoms with E-state index < -0.39 is 144 Å². The van der Waals surface area contributed by atoms with E-state index in [0.29, 0.717) is 0 Å². The van der Waals surface area contributed by atoms with Crippen LogP contribution >= 0.6 is 12.6 Å². The molecule has 0 aromatic carbocycles. The fraction of sp³-hybridized carbons (Fsp3) is 0.707. The highest BCUT2D eigenvalue weighted by Gasteiger charge is 2.35. The lowest BCUT2D eigenvalue weighted by Crippen LogP contribution is -2.61. The molecule has 0 aliphatic carbocycles. The molecule has 0 radical (unpaired) electrons. The summed E-state index contributed by atoms with van der Waals surface area (Å²) in [5.41, 5.74) is 21.5. The van der Waals surface area contributed by atoms with E-state index >= 15 is 0 Å². The van der Waals surface area contributed by atoms with Crippen LogP contribution in [-0.2, 0) is 52.7 Å². The predicted molar refractivity (Wildman–Crippen MR) is 254 cm³/mol. The van der Waals surface area contributed by atoms with Gasteiger partial charge in [-0.05, 0) is 57.3 Å². The van der Waals surface area contributed by atoms with Crippen LogP contribution < -0.4 is 70.8 Å². The number of amides is 10. The zero-order chi connectivity index (χ0) is 53.3. The first-order valence-corrected chi connectivity index (χ1v) is 22.9. The molecular formula is C41H74N14O13S. The average Bonchev–Trinajstić information content (AvgIpc) is 3.26. The molecule has 10 amide bonds. The lowest BCUT2D eigenvalue weighted by molar-refractivity contribution is -0.142. The third-order valence-electron chi connectivity index (χ3n) is 10.0. The van der Waals surface area contributed by atoms with Crippen LogP contribution in [0.2, 0.25) is 0 Å². The van der Waals surface area contributed by atoms with Crippen molar-refractivity contribution < 1.29 is 63.0 Å². The Kier molecular flexibility index (Phi) is 28.8. The summed E-state index contributed by atoms with van der Waals surface area (Å²) >= 11 is 4.14. The molecule has 0 unspecified atom stereocenters. The van der Waals surface area contributed by atoms with E-state index in [9.17, 15) is 63.0 Å². The third kappa shape index (κ3) is 24.0. The second-order valence-electron chi connectivity index (χ2n) is 17.3. The molecule has 0 saturated heterocycles. The van der Waals surface area contributed by atoms with Crippen molar-refractivity contribution in [3.05, 3.63) is 0 Å².